The summed E-state index contributed by atoms with van der Waals surface area (Å²) in [5.41, 5.74) is 9.07. The Morgan fingerprint density at radius 3 is 2.56 bits per heavy atom. The lowest BCUT2D eigenvalue weighted by Crippen LogP contribution is -2.33. The predicted molar refractivity (Wildman–Crippen MR) is 73.9 cm³/mol. The summed E-state index contributed by atoms with van der Waals surface area (Å²) in [5, 5.41) is 9.53. The van der Waals surface area contributed by atoms with Gasteiger partial charge in [0.2, 0.25) is 0 Å². The third-order valence-electron chi connectivity index (χ3n) is 3.30. The number of nitrogens with zero attached hydrogens (tertiary/aromatic N) is 1. The van der Waals surface area contributed by atoms with Gasteiger partial charge in [-0.05, 0) is 43.7 Å². The van der Waals surface area contributed by atoms with Crippen molar-refractivity contribution in [2.45, 2.75) is 26.5 Å². The van der Waals surface area contributed by atoms with Crippen molar-refractivity contribution in [3.8, 4) is 5.75 Å². The Morgan fingerprint density at radius 1 is 1.33 bits per heavy atom. The molecule has 0 radical (unpaired) electrons. The quantitative estimate of drug-likeness (QED) is 0.795. The van der Waals surface area contributed by atoms with Crippen LogP contribution in [0, 0.1) is 13.8 Å². The first-order valence-corrected chi connectivity index (χ1v) is 6.19. The topological polar surface area (TPSA) is 58.7 Å². The number of benzene rings is 1. The predicted octanol–water partition coefficient (Wildman–Crippen LogP) is 1.06. The van der Waals surface area contributed by atoms with Crippen LogP contribution in [0.2, 0.25) is 0 Å². The van der Waals surface area contributed by atoms with Crippen LogP contribution in [-0.2, 0) is 6.54 Å². The highest BCUT2D eigenvalue weighted by Gasteiger charge is 2.11. The van der Waals surface area contributed by atoms with Crippen molar-refractivity contribution >= 4 is 0 Å². The molecule has 0 aliphatic carbocycles. The van der Waals surface area contributed by atoms with Gasteiger partial charge in [-0.15, -0.1) is 0 Å². The van der Waals surface area contributed by atoms with Crippen LogP contribution in [0.1, 0.15) is 16.7 Å². The fraction of sp³-hybridized carbons (Fsp3) is 0.571. The molecule has 0 aliphatic rings. The molecule has 1 aromatic rings. The zero-order valence-electron chi connectivity index (χ0n) is 11.7. The van der Waals surface area contributed by atoms with E-state index in [1.807, 2.05) is 13.1 Å². The maximum atomic E-state index is 9.53. The zero-order valence-corrected chi connectivity index (χ0v) is 11.7. The summed E-state index contributed by atoms with van der Waals surface area (Å²) in [5.74, 6) is 0.917. The molecule has 0 heterocycles. The molecular weight excluding hydrogens is 228 g/mol. The molecule has 1 rings (SSSR count). The average Bonchev–Trinajstić information content (AvgIpc) is 2.35. The minimum atomic E-state index is -0.463. The van der Waals surface area contributed by atoms with Gasteiger partial charge in [0.25, 0.3) is 0 Å². The number of aliphatic hydroxyl groups excluding tert-OH is 1. The third-order valence-corrected chi connectivity index (χ3v) is 3.30. The molecule has 0 spiro atoms. The highest BCUT2D eigenvalue weighted by atomic mass is 16.5. The van der Waals surface area contributed by atoms with E-state index >= 15 is 0 Å². The molecule has 1 unspecified atom stereocenters. The number of hydrogen-bond acceptors (Lipinski definition) is 4. The largest absolute Gasteiger partial charge is 0.496 e. The van der Waals surface area contributed by atoms with Crippen LogP contribution in [-0.4, -0.2) is 43.4 Å². The van der Waals surface area contributed by atoms with Gasteiger partial charge >= 0.3 is 0 Å². The Bertz CT molecular complexity index is 394. The van der Waals surface area contributed by atoms with Crippen LogP contribution in [0.25, 0.3) is 0 Å². The second-order valence-electron chi connectivity index (χ2n) is 4.76. The van der Waals surface area contributed by atoms with Gasteiger partial charge < -0.3 is 15.6 Å². The molecule has 102 valence electrons. The van der Waals surface area contributed by atoms with Gasteiger partial charge in [0.1, 0.15) is 5.75 Å². The van der Waals surface area contributed by atoms with Gasteiger partial charge in [0.05, 0.1) is 13.2 Å². The van der Waals surface area contributed by atoms with Crippen molar-refractivity contribution in [3.05, 3.63) is 28.8 Å². The number of nitrogens with two attached hydrogens (primary N) is 1. The normalized spacial score (nSPS) is 12.8. The van der Waals surface area contributed by atoms with Gasteiger partial charge in [0.15, 0.2) is 0 Å². The van der Waals surface area contributed by atoms with Gasteiger partial charge in [-0.25, -0.2) is 0 Å². The highest BCUT2D eigenvalue weighted by Crippen LogP contribution is 2.24. The molecule has 4 nitrogen and oxygen atoms in total. The Hall–Kier alpha value is -1.10. The molecule has 1 atom stereocenters. The first kappa shape index (κ1) is 15.0. The summed E-state index contributed by atoms with van der Waals surface area (Å²) in [6.07, 6.45) is -0.463. The fourth-order valence-corrected chi connectivity index (χ4v) is 2.03. The fourth-order valence-electron chi connectivity index (χ4n) is 2.03. The molecule has 0 saturated carbocycles. The number of rotatable bonds is 6. The van der Waals surface area contributed by atoms with Crippen LogP contribution in [0.3, 0.4) is 0 Å². The van der Waals surface area contributed by atoms with Crippen LogP contribution < -0.4 is 10.5 Å². The summed E-state index contributed by atoms with van der Waals surface area (Å²) in [7, 11) is 3.67. The van der Waals surface area contributed by atoms with Crippen LogP contribution in [0.15, 0.2) is 12.1 Å². The Kier molecular flexibility index (Phi) is 5.59. The second kappa shape index (κ2) is 6.73. The van der Waals surface area contributed by atoms with Crippen molar-refractivity contribution < 1.29 is 9.84 Å². The monoisotopic (exact) mass is 252 g/mol. The number of hydrogen-bond donors (Lipinski definition) is 2. The minimum Gasteiger partial charge on any atom is -0.496 e. The molecule has 3 N–H and O–H groups in total. The Balaban J connectivity index is 2.76. The molecule has 0 saturated heterocycles. The number of likely N-dealkylation sites (N-methyl/N-ethyl adjacent to an activating group) is 1. The average molecular weight is 252 g/mol. The Morgan fingerprint density at radius 2 is 2.00 bits per heavy atom. The second-order valence-corrected chi connectivity index (χ2v) is 4.76. The van der Waals surface area contributed by atoms with E-state index in [1.54, 1.807) is 7.11 Å². The van der Waals surface area contributed by atoms with Crippen LogP contribution in [0.5, 0.6) is 5.75 Å². The maximum absolute atomic E-state index is 9.53. The van der Waals surface area contributed by atoms with Gasteiger partial charge in [-0.2, -0.15) is 0 Å². The first-order valence-electron chi connectivity index (χ1n) is 6.19. The van der Waals surface area contributed by atoms with E-state index < -0.39 is 6.10 Å². The molecule has 1 aromatic carbocycles. The van der Waals surface area contributed by atoms with Gasteiger partial charge in [0, 0.05) is 19.6 Å². The summed E-state index contributed by atoms with van der Waals surface area (Å²) in [4.78, 5) is 2.08. The lowest BCUT2D eigenvalue weighted by atomic mass is 10.0. The number of methoxy groups -OCH3 is 1. The van der Waals surface area contributed by atoms with Crippen LogP contribution >= 0.6 is 0 Å². The lowest BCUT2D eigenvalue weighted by Gasteiger charge is -2.21. The van der Waals surface area contributed by atoms with E-state index in [-0.39, 0.29) is 0 Å². The summed E-state index contributed by atoms with van der Waals surface area (Å²) < 4.78 is 5.30. The van der Waals surface area contributed by atoms with Crippen LogP contribution in [0.4, 0.5) is 0 Å². The highest BCUT2D eigenvalue weighted by molar-refractivity contribution is 5.43. The van der Waals surface area contributed by atoms with Crippen molar-refractivity contribution in [2.75, 3.05) is 27.2 Å². The summed E-state index contributed by atoms with van der Waals surface area (Å²) in [6, 6.07) is 4.07. The lowest BCUT2D eigenvalue weighted by molar-refractivity contribution is 0.129. The number of ether oxygens (including phenoxy) is 1. The molecule has 18 heavy (non-hydrogen) atoms. The van der Waals surface area contributed by atoms with E-state index in [2.05, 4.69) is 24.8 Å². The maximum Gasteiger partial charge on any atom is 0.122 e. The molecule has 0 aromatic heterocycles. The van der Waals surface area contributed by atoms with Gasteiger partial charge in [-0.3, -0.25) is 4.90 Å². The third kappa shape index (κ3) is 3.70. The van der Waals surface area contributed by atoms with Gasteiger partial charge in [-0.1, -0.05) is 6.07 Å². The SMILES string of the molecule is COc1ccc(CN(C)CC(O)CN)c(C)c1C. The van der Waals surface area contributed by atoms with E-state index in [1.165, 1.54) is 16.7 Å². The summed E-state index contributed by atoms with van der Waals surface area (Å²) in [6.45, 7) is 5.84. The molecule has 0 bridgehead atoms. The standard InChI is InChI=1S/C14H24N2O2/c1-10-11(2)14(18-4)6-5-12(10)8-16(3)9-13(17)7-15/h5-6,13,17H,7-9,15H2,1-4H3. The van der Waals surface area contributed by atoms with Crippen molar-refractivity contribution in [1.29, 1.82) is 0 Å². The van der Waals surface area contributed by atoms with Crippen molar-refractivity contribution in [1.82, 2.24) is 4.90 Å². The summed E-state index contributed by atoms with van der Waals surface area (Å²) >= 11 is 0. The molecule has 4 heteroatoms. The molecule has 0 aliphatic heterocycles. The van der Waals surface area contributed by atoms with Crippen molar-refractivity contribution in [2.24, 2.45) is 5.73 Å². The molecule has 0 fully saturated rings. The first-order chi connectivity index (χ1) is 8.49. The van der Waals surface area contributed by atoms with E-state index in [0.717, 1.165) is 12.3 Å². The van der Waals surface area contributed by atoms with E-state index in [0.29, 0.717) is 13.1 Å². The molecule has 0 amide bonds. The molecular formula is C14H24N2O2. The number of aliphatic hydroxyl groups is 1. The Labute approximate surface area is 109 Å². The zero-order chi connectivity index (χ0) is 13.7. The van der Waals surface area contributed by atoms with E-state index in [4.69, 9.17) is 10.5 Å². The van der Waals surface area contributed by atoms with E-state index in [9.17, 15) is 5.11 Å². The smallest absolute Gasteiger partial charge is 0.122 e. The minimum absolute atomic E-state index is 0.297. The van der Waals surface area contributed by atoms with Crippen molar-refractivity contribution in [3.63, 3.8) is 0 Å².